The third-order valence-electron chi connectivity index (χ3n) is 2.93. The van der Waals surface area contributed by atoms with Crippen LogP contribution in [-0.4, -0.2) is 43.8 Å². The van der Waals surface area contributed by atoms with Crippen LogP contribution >= 0.6 is 0 Å². The molecule has 16 heavy (non-hydrogen) atoms. The van der Waals surface area contributed by atoms with Crippen molar-refractivity contribution in [3.8, 4) is 0 Å². The smallest absolute Gasteiger partial charge is 0.317 e. The molecule has 94 valence electrons. The van der Waals surface area contributed by atoms with Crippen LogP contribution in [0.5, 0.6) is 0 Å². The Kier molecular flexibility index (Phi) is 6.23. The third kappa shape index (κ3) is 4.84. The van der Waals surface area contributed by atoms with Gasteiger partial charge in [0.2, 0.25) is 0 Å². The molecule has 0 bridgehead atoms. The van der Waals surface area contributed by atoms with E-state index in [0.717, 1.165) is 39.0 Å². The lowest BCUT2D eigenvalue weighted by Crippen LogP contribution is -2.39. The molecule has 0 saturated carbocycles. The summed E-state index contributed by atoms with van der Waals surface area (Å²) in [5.74, 6) is 0. The Hall–Kier alpha value is -0.770. The van der Waals surface area contributed by atoms with Crippen LogP contribution in [0.2, 0.25) is 0 Å². The monoisotopic (exact) mass is 228 g/mol. The van der Waals surface area contributed by atoms with Gasteiger partial charge in [-0.25, -0.2) is 4.79 Å². The maximum atomic E-state index is 11.5. The van der Waals surface area contributed by atoms with Gasteiger partial charge in [0.05, 0.1) is 6.10 Å². The van der Waals surface area contributed by atoms with Gasteiger partial charge in [0.15, 0.2) is 0 Å². The van der Waals surface area contributed by atoms with Crippen LogP contribution in [-0.2, 0) is 4.74 Å². The van der Waals surface area contributed by atoms with Gasteiger partial charge >= 0.3 is 6.03 Å². The van der Waals surface area contributed by atoms with E-state index in [0.29, 0.717) is 6.10 Å². The minimum Gasteiger partial charge on any atom is -0.378 e. The fourth-order valence-corrected chi connectivity index (χ4v) is 1.84. The molecule has 0 radical (unpaired) electrons. The lowest BCUT2D eigenvalue weighted by atomic mass is 10.1. The molecule has 1 atom stereocenters. The van der Waals surface area contributed by atoms with Crippen LogP contribution in [0.15, 0.2) is 0 Å². The molecule has 1 rings (SSSR count). The fraction of sp³-hybridized carbons (Fsp3) is 0.917. The van der Waals surface area contributed by atoms with Crippen molar-refractivity contribution in [3.63, 3.8) is 0 Å². The van der Waals surface area contributed by atoms with Gasteiger partial charge in [-0.05, 0) is 32.1 Å². The zero-order valence-corrected chi connectivity index (χ0v) is 10.5. The number of hydrogen-bond acceptors (Lipinski definition) is 2. The van der Waals surface area contributed by atoms with Gasteiger partial charge in [0.1, 0.15) is 0 Å². The number of amides is 2. The molecule has 2 amide bonds. The first-order chi connectivity index (χ1) is 7.74. The molecular formula is C12H24N2O2. The molecule has 0 aromatic rings. The lowest BCUT2D eigenvalue weighted by molar-refractivity contribution is 0.00828. The molecule has 0 spiro atoms. The highest BCUT2D eigenvalue weighted by Crippen LogP contribution is 2.15. The summed E-state index contributed by atoms with van der Waals surface area (Å²) >= 11 is 0. The molecule has 4 heteroatoms. The standard InChI is InChI=1S/C12H24N2O2/c1-3-8-13-12(15)14(2)9-7-11-6-4-5-10-16-11/h11H,3-10H2,1-2H3,(H,13,15). The molecule has 4 nitrogen and oxygen atoms in total. The van der Waals surface area contributed by atoms with Crippen molar-refractivity contribution >= 4 is 6.03 Å². The summed E-state index contributed by atoms with van der Waals surface area (Å²) in [7, 11) is 1.84. The highest BCUT2D eigenvalue weighted by atomic mass is 16.5. The Morgan fingerprint density at radius 2 is 2.31 bits per heavy atom. The second-order valence-corrected chi connectivity index (χ2v) is 4.43. The molecule has 0 aromatic carbocycles. The van der Waals surface area contributed by atoms with Gasteiger partial charge in [-0.3, -0.25) is 0 Å². The quantitative estimate of drug-likeness (QED) is 0.782. The zero-order valence-electron chi connectivity index (χ0n) is 10.5. The van der Waals surface area contributed by atoms with Gasteiger partial charge in [-0.1, -0.05) is 6.92 Å². The fourth-order valence-electron chi connectivity index (χ4n) is 1.84. The Balaban J connectivity index is 2.12. The van der Waals surface area contributed by atoms with E-state index in [1.165, 1.54) is 12.8 Å². The molecule has 1 aliphatic rings. The predicted octanol–water partition coefficient (Wildman–Crippen LogP) is 2.00. The maximum absolute atomic E-state index is 11.5. The number of nitrogens with zero attached hydrogens (tertiary/aromatic N) is 1. The molecule has 1 aliphatic heterocycles. The Labute approximate surface area is 98.3 Å². The summed E-state index contributed by atoms with van der Waals surface area (Å²) in [5.41, 5.74) is 0. The summed E-state index contributed by atoms with van der Waals surface area (Å²) < 4.78 is 5.63. The van der Waals surface area contributed by atoms with E-state index < -0.39 is 0 Å². The van der Waals surface area contributed by atoms with Crippen molar-refractivity contribution in [2.75, 3.05) is 26.7 Å². The summed E-state index contributed by atoms with van der Waals surface area (Å²) in [6.07, 6.45) is 5.88. The first kappa shape index (κ1) is 13.3. The molecule has 1 N–H and O–H groups in total. The van der Waals surface area contributed by atoms with Crippen LogP contribution in [0.4, 0.5) is 4.79 Å². The van der Waals surface area contributed by atoms with Crippen molar-refractivity contribution in [1.29, 1.82) is 0 Å². The summed E-state index contributed by atoms with van der Waals surface area (Å²) in [6.45, 7) is 4.47. The van der Waals surface area contributed by atoms with E-state index in [4.69, 9.17) is 4.74 Å². The van der Waals surface area contributed by atoms with Gasteiger partial charge in [-0.2, -0.15) is 0 Å². The van der Waals surface area contributed by atoms with Crippen LogP contribution in [0.1, 0.15) is 39.0 Å². The molecule has 1 unspecified atom stereocenters. The van der Waals surface area contributed by atoms with Gasteiger partial charge < -0.3 is 15.0 Å². The second-order valence-electron chi connectivity index (χ2n) is 4.43. The van der Waals surface area contributed by atoms with Crippen LogP contribution < -0.4 is 5.32 Å². The average molecular weight is 228 g/mol. The van der Waals surface area contributed by atoms with Gasteiger partial charge in [0.25, 0.3) is 0 Å². The van der Waals surface area contributed by atoms with Crippen LogP contribution in [0.3, 0.4) is 0 Å². The van der Waals surface area contributed by atoms with E-state index in [-0.39, 0.29) is 6.03 Å². The van der Waals surface area contributed by atoms with E-state index in [1.807, 2.05) is 7.05 Å². The van der Waals surface area contributed by atoms with Crippen molar-refractivity contribution in [1.82, 2.24) is 10.2 Å². The van der Waals surface area contributed by atoms with Gasteiger partial charge in [-0.15, -0.1) is 0 Å². The van der Waals surface area contributed by atoms with Crippen molar-refractivity contribution in [2.24, 2.45) is 0 Å². The average Bonchev–Trinajstić information content (AvgIpc) is 2.34. The van der Waals surface area contributed by atoms with Crippen molar-refractivity contribution < 1.29 is 9.53 Å². The first-order valence-corrected chi connectivity index (χ1v) is 6.34. The van der Waals surface area contributed by atoms with E-state index in [1.54, 1.807) is 4.90 Å². The first-order valence-electron chi connectivity index (χ1n) is 6.34. The molecular weight excluding hydrogens is 204 g/mol. The number of nitrogens with one attached hydrogen (secondary N) is 1. The number of ether oxygens (including phenoxy) is 1. The number of urea groups is 1. The Bertz CT molecular complexity index is 203. The summed E-state index contributed by atoms with van der Waals surface area (Å²) in [6, 6.07) is 0.0256. The minimum absolute atomic E-state index is 0.0256. The summed E-state index contributed by atoms with van der Waals surface area (Å²) in [4.78, 5) is 13.3. The number of hydrogen-bond donors (Lipinski definition) is 1. The highest BCUT2D eigenvalue weighted by Gasteiger charge is 2.15. The normalized spacial score (nSPS) is 20.5. The van der Waals surface area contributed by atoms with Gasteiger partial charge in [0, 0.05) is 26.7 Å². The van der Waals surface area contributed by atoms with Crippen molar-refractivity contribution in [2.45, 2.75) is 45.1 Å². The van der Waals surface area contributed by atoms with Crippen LogP contribution in [0.25, 0.3) is 0 Å². The minimum atomic E-state index is 0.0256. The van der Waals surface area contributed by atoms with E-state index >= 15 is 0 Å². The number of carbonyl (C=O) groups is 1. The number of rotatable bonds is 5. The van der Waals surface area contributed by atoms with E-state index in [2.05, 4.69) is 12.2 Å². The highest BCUT2D eigenvalue weighted by molar-refractivity contribution is 5.73. The van der Waals surface area contributed by atoms with E-state index in [9.17, 15) is 4.79 Å². The lowest BCUT2D eigenvalue weighted by Gasteiger charge is -2.25. The Morgan fingerprint density at radius 3 is 2.94 bits per heavy atom. The largest absolute Gasteiger partial charge is 0.378 e. The molecule has 1 saturated heterocycles. The molecule has 0 aliphatic carbocycles. The topological polar surface area (TPSA) is 41.6 Å². The zero-order chi connectivity index (χ0) is 11.8. The third-order valence-corrected chi connectivity index (χ3v) is 2.93. The molecule has 1 heterocycles. The Morgan fingerprint density at radius 1 is 1.50 bits per heavy atom. The van der Waals surface area contributed by atoms with Crippen LogP contribution in [0, 0.1) is 0 Å². The molecule has 1 fully saturated rings. The maximum Gasteiger partial charge on any atom is 0.317 e. The SMILES string of the molecule is CCCNC(=O)N(C)CCC1CCCCO1. The predicted molar refractivity (Wildman–Crippen MR) is 64.5 cm³/mol. The second kappa shape index (κ2) is 7.49. The van der Waals surface area contributed by atoms with Crippen molar-refractivity contribution in [3.05, 3.63) is 0 Å². The molecule has 0 aromatic heterocycles. The number of carbonyl (C=O) groups excluding carboxylic acids is 1. The summed E-state index contributed by atoms with van der Waals surface area (Å²) in [5, 5.41) is 2.87.